The van der Waals surface area contributed by atoms with Crippen LogP contribution in [0.4, 0.5) is 4.39 Å². The minimum Gasteiger partial charge on any atom is -0.354 e. The highest BCUT2D eigenvalue weighted by Gasteiger charge is 2.05. The molecule has 0 saturated heterocycles. The van der Waals surface area contributed by atoms with E-state index in [-0.39, 0.29) is 17.0 Å². The van der Waals surface area contributed by atoms with Crippen LogP contribution >= 0.6 is 11.6 Å². The number of rotatable bonds is 7. The Morgan fingerprint density at radius 2 is 2.21 bits per heavy atom. The van der Waals surface area contributed by atoms with Gasteiger partial charge in [0.15, 0.2) is 0 Å². The van der Waals surface area contributed by atoms with Crippen molar-refractivity contribution in [2.75, 3.05) is 6.54 Å². The lowest BCUT2D eigenvalue weighted by Crippen LogP contribution is -2.33. The van der Waals surface area contributed by atoms with Crippen LogP contribution in [0.2, 0.25) is 5.02 Å². The van der Waals surface area contributed by atoms with Crippen molar-refractivity contribution >= 4 is 17.5 Å². The summed E-state index contributed by atoms with van der Waals surface area (Å²) >= 11 is 5.60. The Morgan fingerprint density at radius 1 is 1.47 bits per heavy atom. The van der Waals surface area contributed by atoms with Crippen LogP contribution in [0.15, 0.2) is 18.2 Å². The second-order valence-corrected chi connectivity index (χ2v) is 4.96. The molecule has 0 saturated carbocycles. The lowest BCUT2D eigenvalue weighted by atomic mass is 10.2. The summed E-state index contributed by atoms with van der Waals surface area (Å²) in [5, 5.41) is 6.11. The van der Waals surface area contributed by atoms with Gasteiger partial charge in [-0.2, -0.15) is 0 Å². The van der Waals surface area contributed by atoms with Gasteiger partial charge in [0.25, 0.3) is 0 Å². The van der Waals surface area contributed by atoms with Crippen LogP contribution in [0, 0.1) is 5.82 Å². The Morgan fingerprint density at radius 3 is 2.84 bits per heavy atom. The number of carbonyl (C=O) groups is 1. The third kappa shape index (κ3) is 6.03. The number of hydrogen-bond donors (Lipinski definition) is 2. The van der Waals surface area contributed by atoms with E-state index >= 15 is 0 Å². The summed E-state index contributed by atoms with van der Waals surface area (Å²) in [5.41, 5.74) is 0.809. The fraction of sp³-hybridized carbons (Fsp3) is 0.500. The Bertz CT molecular complexity index is 426. The zero-order chi connectivity index (χ0) is 14.3. The second-order valence-electron chi connectivity index (χ2n) is 4.55. The number of amides is 1. The van der Waals surface area contributed by atoms with Crippen molar-refractivity contribution in [2.45, 2.75) is 39.3 Å². The van der Waals surface area contributed by atoms with Gasteiger partial charge >= 0.3 is 0 Å². The van der Waals surface area contributed by atoms with Gasteiger partial charge in [-0.3, -0.25) is 4.79 Å². The molecule has 19 heavy (non-hydrogen) atoms. The molecule has 0 aliphatic carbocycles. The summed E-state index contributed by atoms with van der Waals surface area (Å²) in [6, 6.07) is 4.90. The molecule has 0 aliphatic rings. The number of benzene rings is 1. The summed E-state index contributed by atoms with van der Waals surface area (Å²) in [4.78, 5) is 11.5. The predicted octanol–water partition coefficient (Wildman–Crippen LogP) is 2.87. The Kier molecular flexibility index (Phi) is 6.81. The number of carbonyl (C=O) groups excluding carboxylic acids is 1. The molecule has 2 N–H and O–H groups in total. The summed E-state index contributed by atoms with van der Waals surface area (Å²) in [6.45, 7) is 5.08. The molecule has 0 fully saturated rings. The molecule has 1 amide bonds. The lowest BCUT2D eigenvalue weighted by Gasteiger charge is -2.11. The molecule has 106 valence electrons. The molecule has 0 aromatic heterocycles. The van der Waals surface area contributed by atoms with Gasteiger partial charge in [-0.15, -0.1) is 0 Å². The van der Waals surface area contributed by atoms with E-state index in [9.17, 15) is 9.18 Å². The Balaban J connectivity index is 2.23. The molecule has 1 aromatic rings. The SMILES string of the molecule is CCC(C)NC(=O)CCNCc1ccc(Cl)c(F)c1. The molecule has 0 bridgehead atoms. The third-order valence-corrected chi connectivity index (χ3v) is 3.17. The van der Waals surface area contributed by atoms with Crippen LogP contribution in [-0.2, 0) is 11.3 Å². The molecule has 1 unspecified atom stereocenters. The molecule has 0 spiro atoms. The Labute approximate surface area is 118 Å². The summed E-state index contributed by atoms with van der Waals surface area (Å²) in [5.74, 6) is -0.389. The van der Waals surface area contributed by atoms with E-state index < -0.39 is 5.82 Å². The molecular weight excluding hydrogens is 267 g/mol. The highest BCUT2D eigenvalue weighted by molar-refractivity contribution is 6.30. The minimum atomic E-state index is -0.421. The first-order chi connectivity index (χ1) is 9.02. The van der Waals surface area contributed by atoms with Gasteiger partial charge in [-0.05, 0) is 31.0 Å². The summed E-state index contributed by atoms with van der Waals surface area (Å²) in [7, 11) is 0. The van der Waals surface area contributed by atoms with Gasteiger partial charge in [0, 0.05) is 25.6 Å². The molecule has 1 rings (SSSR count). The van der Waals surface area contributed by atoms with Gasteiger partial charge in [-0.25, -0.2) is 4.39 Å². The summed E-state index contributed by atoms with van der Waals surface area (Å²) in [6.07, 6.45) is 1.34. The average molecular weight is 287 g/mol. The van der Waals surface area contributed by atoms with Crippen molar-refractivity contribution in [1.29, 1.82) is 0 Å². The fourth-order valence-corrected chi connectivity index (χ4v) is 1.65. The van der Waals surface area contributed by atoms with Crippen molar-refractivity contribution in [1.82, 2.24) is 10.6 Å². The van der Waals surface area contributed by atoms with E-state index in [1.807, 2.05) is 13.8 Å². The highest BCUT2D eigenvalue weighted by Crippen LogP contribution is 2.15. The number of halogens is 2. The van der Waals surface area contributed by atoms with Gasteiger partial charge < -0.3 is 10.6 Å². The van der Waals surface area contributed by atoms with Crippen LogP contribution in [-0.4, -0.2) is 18.5 Å². The molecule has 0 aliphatic heterocycles. The zero-order valence-electron chi connectivity index (χ0n) is 11.3. The maximum absolute atomic E-state index is 13.2. The predicted molar refractivity (Wildman–Crippen MR) is 75.6 cm³/mol. The highest BCUT2D eigenvalue weighted by atomic mass is 35.5. The first kappa shape index (κ1) is 15.9. The maximum atomic E-state index is 13.2. The van der Waals surface area contributed by atoms with Crippen LogP contribution in [0.3, 0.4) is 0 Å². The molecule has 1 aromatic carbocycles. The third-order valence-electron chi connectivity index (χ3n) is 2.86. The zero-order valence-corrected chi connectivity index (χ0v) is 12.1. The fourth-order valence-electron chi connectivity index (χ4n) is 1.53. The number of nitrogens with one attached hydrogen (secondary N) is 2. The van der Waals surface area contributed by atoms with Gasteiger partial charge in [0.05, 0.1) is 5.02 Å². The van der Waals surface area contributed by atoms with Gasteiger partial charge in [0.2, 0.25) is 5.91 Å². The molecular formula is C14H20ClFN2O. The van der Waals surface area contributed by atoms with E-state index in [1.165, 1.54) is 12.1 Å². The van der Waals surface area contributed by atoms with Gasteiger partial charge in [-0.1, -0.05) is 24.6 Å². The number of hydrogen-bond acceptors (Lipinski definition) is 2. The molecule has 5 heteroatoms. The smallest absolute Gasteiger partial charge is 0.221 e. The molecule has 0 radical (unpaired) electrons. The monoisotopic (exact) mass is 286 g/mol. The van der Waals surface area contributed by atoms with Crippen molar-refractivity contribution in [2.24, 2.45) is 0 Å². The normalized spacial score (nSPS) is 12.2. The van der Waals surface area contributed by atoms with Crippen LogP contribution in [0.1, 0.15) is 32.3 Å². The Hall–Kier alpha value is -1.13. The van der Waals surface area contributed by atoms with Crippen molar-refractivity contribution in [3.05, 3.63) is 34.6 Å². The van der Waals surface area contributed by atoms with Crippen molar-refractivity contribution in [3.8, 4) is 0 Å². The standard InChI is InChI=1S/C14H20ClFN2O/c1-3-10(2)18-14(19)6-7-17-9-11-4-5-12(15)13(16)8-11/h4-5,8,10,17H,3,6-7,9H2,1-2H3,(H,18,19). The quantitative estimate of drug-likeness (QED) is 0.757. The second kappa shape index (κ2) is 8.12. The van der Waals surface area contributed by atoms with E-state index in [1.54, 1.807) is 6.07 Å². The van der Waals surface area contributed by atoms with Crippen LogP contribution in [0.25, 0.3) is 0 Å². The van der Waals surface area contributed by atoms with Crippen molar-refractivity contribution < 1.29 is 9.18 Å². The van der Waals surface area contributed by atoms with E-state index in [0.29, 0.717) is 19.5 Å². The molecule has 1 atom stereocenters. The maximum Gasteiger partial charge on any atom is 0.221 e. The van der Waals surface area contributed by atoms with Crippen LogP contribution < -0.4 is 10.6 Å². The first-order valence-corrected chi connectivity index (χ1v) is 6.84. The van der Waals surface area contributed by atoms with Crippen molar-refractivity contribution in [3.63, 3.8) is 0 Å². The summed E-state index contributed by atoms with van der Waals surface area (Å²) < 4.78 is 13.2. The first-order valence-electron chi connectivity index (χ1n) is 6.47. The topological polar surface area (TPSA) is 41.1 Å². The molecule has 3 nitrogen and oxygen atoms in total. The largest absolute Gasteiger partial charge is 0.354 e. The van der Waals surface area contributed by atoms with Crippen LogP contribution in [0.5, 0.6) is 0 Å². The van der Waals surface area contributed by atoms with E-state index in [2.05, 4.69) is 10.6 Å². The van der Waals surface area contributed by atoms with E-state index in [4.69, 9.17) is 11.6 Å². The molecule has 0 heterocycles. The van der Waals surface area contributed by atoms with E-state index in [0.717, 1.165) is 12.0 Å². The minimum absolute atomic E-state index is 0.0316. The van der Waals surface area contributed by atoms with Gasteiger partial charge in [0.1, 0.15) is 5.82 Å². The average Bonchev–Trinajstić information content (AvgIpc) is 2.38. The lowest BCUT2D eigenvalue weighted by molar-refractivity contribution is -0.121.